The fourth-order valence-electron chi connectivity index (χ4n) is 2.55. The van der Waals surface area contributed by atoms with Crippen LogP contribution in [-0.2, 0) is 0 Å². The fraction of sp³-hybridized carbons (Fsp3) is 0.500. The van der Waals surface area contributed by atoms with E-state index in [0.717, 1.165) is 5.02 Å². The molecule has 0 aliphatic rings. The number of hydrogen-bond acceptors (Lipinski definition) is 0. The van der Waals surface area contributed by atoms with E-state index in [0.29, 0.717) is 5.92 Å². The van der Waals surface area contributed by atoms with E-state index in [9.17, 15) is 0 Å². The number of aromatic amines is 1. The summed E-state index contributed by atoms with van der Waals surface area (Å²) >= 11 is 6.08. The number of benzene rings is 1. The maximum absolute atomic E-state index is 6.08. The van der Waals surface area contributed by atoms with Gasteiger partial charge in [0.1, 0.15) is 0 Å². The second kappa shape index (κ2) is 6.29. The molecule has 18 heavy (non-hydrogen) atoms. The van der Waals surface area contributed by atoms with Crippen molar-refractivity contribution < 1.29 is 0 Å². The van der Waals surface area contributed by atoms with Gasteiger partial charge in [-0.25, -0.2) is 0 Å². The van der Waals surface area contributed by atoms with Gasteiger partial charge in [0.15, 0.2) is 0 Å². The topological polar surface area (TPSA) is 15.8 Å². The molecule has 2 rings (SSSR count). The van der Waals surface area contributed by atoms with Gasteiger partial charge in [-0.05, 0) is 36.1 Å². The lowest BCUT2D eigenvalue weighted by molar-refractivity contribution is 0.582. The Morgan fingerprint density at radius 1 is 1.22 bits per heavy atom. The normalized spacial score (nSPS) is 13.1. The van der Waals surface area contributed by atoms with E-state index >= 15 is 0 Å². The second-order valence-corrected chi connectivity index (χ2v) is 5.62. The summed E-state index contributed by atoms with van der Waals surface area (Å²) in [5, 5.41) is 2.10. The first-order chi connectivity index (χ1) is 8.72. The van der Waals surface area contributed by atoms with Crippen LogP contribution < -0.4 is 0 Å². The second-order valence-electron chi connectivity index (χ2n) is 5.18. The van der Waals surface area contributed by atoms with Crippen molar-refractivity contribution in [3.8, 4) is 0 Å². The molecule has 0 amide bonds. The first-order valence-corrected chi connectivity index (χ1v) is 7.36. The zero-order valence-electron chi connectivity index (χ0n) is 11.3. The Hall–Kier alpha value is -0.950. The highest BCUT2D eigenvalue weighted by Crippen LogP contribution is 2.30. The summed E-state index contributed by atoms with van der Waals surface area (Å²) in [6.45, 7) is 4.57. The molecule has 2 aromatic rings. The lowest BCUT2D eigenvalue weighted by Gasteiger charge is -2.10. The third kappa shape index (κ3) is 3.08. The average Bonchev–Trinajstić information content (AvgIpc) is 2.77. The van der Waals surface area contributed by atoms with E-state index in [2.05, 4.69) is 37.2 Å². The quantitative estimate of drug-likeness (QED) is 0.625. The minimum absolute atomic E-state index is 0.606. The number of hydrogen-bond donors (Lipinski definition) is 1. The lowest BCUT2D eigenvalue weighted by Crippen LogP contribution is -1.92. The predicted octanol–water partition coefficient (Wildman–Crippen LogP) is 5.90. The number of halogens is 1. The Morgan fingerprint density at radius 3 is 2.83 bits per heavy atom. The van der Waals surface area contributed by atoms with Crippen LogP contribution in [0.4, 0.5) is 0 Å². The average molecular weight is 264 g/mol. The summed E-state index contributed by atoms with van der Waals surface area (Å²) < 4.78 is 0. The molecule has 1 unspecified atom stereocenters. The van der Waals surface area contributed by atoms with Crippen molar-refractivity contribution in [1.29, 1.82) is 0 Å². The molecule has 1 N–H and O–H groups in total. The first kappa shape index (κ1) is 13.5. The van der Waals surface area contributed by atoms with Crippen LogP contribution in [0.1, 0.15) is 57.4 Å². The third-order valence-electron chi connectivity index (χ3n) is 3.70. The van der Waals surface area contributed by atoms with Crippen molar-refractivity contribution >= 4 is 22.5 Å². The highest BCUT2D eigenvalue weighted by Gasteiger charge is 2.11. The van der Waals surface area contributed by atoms with Crippen LogP contribution in [0.15, 0.2) is 24.4 Å². The minimum Gasteiger partial charge on any atom is -0.361 e. The van der Waals surface area contributed by atoms with Crippen molar-refractivity contribution in [2.24, 2.45) is 0 Å². The molecule has 0 saturated carbocycles. The van der Waals surface area contributed by atoms with Gasteiger partial charge in [0.25, 0.3) is 0 Å². The highest BCUT2D eigenvalue weighted by molar-refractivity contribution is 6.31. The molecule has 0 saturated heterocycles. The molecule has 0 spiro atoms. The van der Waals surface area contributed by atoms with Gasteiger partial charge in [-0.1, -0.05) is 51.1 Å². The van der Waals surface area contributed by atoms with Crippen molar-refractivity contribution in [1.82, 2.24) is 4.98 Å². The van der Waals surface area contributed by atoms with E-state index in [1.807, 2.05) is 6.07 Å². The molecule has 1 heterocycles. The van der Waals surface area contributed by atoms with Crippen molar-refractivity contribution in [2.75, 3.05) is 0 Å². The molecular weight excluding hydrogens is 242 g/mol. The molecule has 0 bridgehead atoms. The van der Waals surface area contributed by atoms with Crippen LogP contribution >= 0.6 is 11.6 Å². The van der Waals surface area contributed by atoms with Gasteiger partial charge in [-0.3, -0.25) is 0 Å². The third-order valence-corrected chi connectivity index (χ3v) is 3.93. The van der Waals surface area contributed by atoms with E-state index in [1.54, 1.807) is 0 Å². The zero-order valence-corrected chi connectivity index (χ0v) is 12.1. The Kier molecular flexibility index (Phi) is 4.71. The Morgan fingerprint density at radius 2 is 2.06 bits per heavy atom. The van der Waals surface area contributed by atoms with Gasteiger partial charge in [-0.15, -0.1) is 0 Å². The molecule has 0 radical (unpaired) electrons. The van der Waals surface area contributed by atoms with E-state index in [1.165, 1.54) is 48.6 Å². The van der Waals surface area contributed by atoms with Crippen LogP contribution in [-0.4, -0.2) is 4.98 Å². The van der Waals surface area contributed by atoms with Gasteiger partial charge < -0.3 is 4.98 Å². The Labute approximate surface area is 115 Å². The molecule has 1 aromatic heterocycles. The Bertz CT molecular complexity index is 501. The molecule has 1 atom stereocenters. The van der Waals surface area contributed by atoms with E-state index in [-0.39, 0.29) is 0 Å². The van der Waals surface area contributed by atoms with Crippen molar-refractivity contribution in [2.45, 2.75) is 51.9 Å². The van der Waals surface area contributed by atoms with Crippen LogP contribution in [0.2, 0.25) is 5.02 Å². The first-order valence-electron chi connectivity index (χ1n) is 6.99. The molecular formula is C16H22ClN. The fourth-order valence-corrected chi connectivity index (χ4v) is 2.73. The minimum atomic E-state index is 0.606. The van der Waals surface area contributed by atoms with Gasteiger partial charge in [-0.2, -0.15) is 0 Å². The maximum Gasteiger partial charge on any atom is 0.0457 e. The standard InChI is InChI=1S/C16H22ClN/c1-3-4-5-6-7-12(2)15-11-18-16-9-8-13(17)10-14(15)16/h8-12,18H,3-7H2,1-2H3. The summed E-state index contributed by atoms with van der Waals surface area (Å²) in [5.74, 6) is 0.606. The number of aromatic nitrogens is 1. The molecule has 98 valence electrons. The molecule has 2 heteroatoms. The zero-order chi connectivity index (χ0) is 13.0. The molecule has 0 aliphatic carbocycles. The van der Waals surface area contributed by atoms with Crippen LogP contribution in [0.5, 0.6) is 0 Å². The monoisotopic (exact) mass is 263 g/mol. The summed E-state index contributed by atoms with van der Waals surface area (Å²) in [6.07, 6.45) is 8.74. The van der Waals surface area contributed by atoms with E-state index in [4.69, 9.17) is 11.6 Å². The summed E-state index contributed by atoms with van der Waals surface area (Å²) in [4.78, 5) is 3.34. The largest absolute Gasteiger partial charge is 0.361 e. The van der Waals surface area contributed by atoms with Gasteiger partial charge in [0, 0.05) is 22.1 Å². The summed E-state index contributed by atoms with van der Waals surface area (Å²) in [5.41, 5.74) is 2.60. The summed E-state index contributed by atoms with van der Waals surface area (Å²) in [6, 6.07) is 6.08. The summed E-state index contributed by atoms with van der Waals surface area (Å²) in [7, 11) is 0. The van der Waals surface area contributed by atoms with Gasteiger partial charge in [0.05, 0.1) is 0 Å². The maximum atomic E-state index is 6.08. The van der Waals surface area contributed by atoms with Gasteiger partial charge >= 0.3 is 0 Å². The van der Waals surface area contributed by atoms with Gasteiger partial charge in [0.2, 0.25) is 0 Å². The molecule has 1 nitrogen and oxygen atoms in total. The number of nitrogens with one attached hydrogen (secondary N) is 1. The lowest BCUT2D eigenvalue weighted by atomic mass is 9.94. The number of unbranched alkanes of at least 4 members (excludes halogenated alkanes) is 3. The molecule has 0 fully saturated rings. The SMILES string of the molecule is CCCCCCC(C)c1c[nH]c2ccc(Cl)cc12. The van der Waals surface area contributed by atoms with Crippen LogP contribution in [0.3, 0.4) is 0 Å². The predicted molar refractivity (Wildman–Crippen MR) is 80.5 cm³/mol. The number of H-pyrrole nitrogens is 1. The van der Waals surface area contributed by atoms with Crippen LogP contribution in [0, 0.1) is 0 Å². The number of fused-ring (bicyclic) bond motifs is 1. The molecule has 0 aliphatic heterocycles. The highest BCUT2D eigenvalue weighted by atomic mass is 35.5. The molecule has 1 aromatic carbocycles. The Balaban J connectivity index is 2.07. The smallest absolute Gasteiger partial charge is 0.0457 e. The van der Waals surface area contributed by atoms with Crippen LogP contribution in [0.25, 0.3) is 10.9 Å². The van der Waals surface area contributed by atoms with Crippen molar-refractivity contribution in [3.63, 3.8) is 0 Å². The number of rotatable bonds is 6. The van der Waals surface area contributed by atoms with Crippen molar-refractivity contribution in [3.05, 3.63) is 35.0 Å². The van der Waals surface area contributed by atoms with E-state index < -0.39 is 0 Å².